The van der Waals surface area contributed by atoms with Crippen LogP contribution in [0.25, 0.3) is 0 Å². The number of aliphatic imine (C=N–C) groups is 1. The number of hydrogen-bond acceptors (Lipinski definition) is 7. The molecule has 1 amide bonds. The van der Waals surface area contributed by atoms with Gasteiger partial charge in [-0.05, 0) is 44.7 Å². The number of rotatable bonds is 9. The van der Waals surface area contributed by atoms with Gasteiger partial charge in [0, 0.05) is 18.8 Å². The summed E-state index contributed by atoms with van der Waals surface area (Å²) in [6.07, 6.45) is 4.83. The number of pyridine rings is 1. The maximum Gasteiger partial charge on any atom is 0.263 e. The Morgan fingerprint density at radius 2 is 2.21 bits per heavy atom. The molecule has 0 aliphatic heterocycles. The molecule has 0 bridgehead atoms. The molecule has 28 heavy (non-hydrogen) atoms. The Kier molecular flexibility index (Phi) is 7.25. The quantitative estimate of drug-likeness (QED) is 0.223. The van der Waals surface area contributed by atoms with Gasteiger partial charge in [0.1, 0.15) is 17.1 Å². The van der Waals surface area contributed by atoms with E-state index in [1.807, 2.05) is 13.8 Å². The fourth-order valence-corrected chi connectivity index (χ4v) is 2.36. The third-order valence-electron chi connectivity index (χ3n) is 4.20. The monoisotopic (exact) mass is 385 g/mol. The maximum absolute atomic E-state index is 12.6. The van der Waals surface area contributed by atoms with Crippen molar-refractivity contribution in [3.63, 3.8) is 0 Å². The summed E-state index contributed by atoms with van der Waals surface area (Å²) in [4.78, 5) is 22.7. The molecule has 0 radical (unpaired) electrons. The van der Waals surface area contributed by atoms with E-state index in [9.17, 15) is 4.79 Å². The standard InChI is InChI=1S/C19H27N7O2/c1-12(2)26(11-20)17(21)15-5-4-6-16(24-15)25-19(27)14(18(22)28-3)10-23-9-13-7-8-13/h4-6,10-13,20-21H,7-9,22H2,1-3H3,(H,24,25,27). The Morgan fingerprint density at radius 3 is 2.79 bits per heavy atom. The Morgan fingerprint density at radius 1 is 1.50 bits per heavy atom. The van der Waals surface area contributed by atoms with E-state index in [1.165, 1.54) is 18.2 Å². The minimum atomic E-state index is -0.497. The van der Waals surface area contributed by atoms with Gasteiger partial charge in [-0.25, -0.2) is 4.98 Å². The number of hydrogen-bond donors (Lipinski definition) is 4. The minimum absolute atomic E-state index is 0.0317. The first-order chi connectivity index (χ1) is 13.4. The Bertz CT molecular complexity index is 797. The lowest BCUT2D eigenvalue weighted by Gasteiger charge is -2.23. The van der Waals surface area contributed by atoms with Crippen molar-refractivity contribution < 1.29 is 9.53 Å². The fourth-order valence-electron chi connectivity index (χ4n) is 2.36. The van der Waals surface area contributed by atoms with Gasteiger partial charge in [-0.15, -0.1) is 0 Å². The van der Waals surface area contributed by atoms with E-state index >= 15 is 0 Å². The van der Waals surface area contributed by atoms with E-state index in [0.29, 0.717) is 18.2 Å². The van der Waals surface area contributed by atoms with Gasteiger partial charge in [0.2, 0.25) is 0 Å². The predicted molar refractivity (Wildman–Crippen MR) is 110 cm³/mol. The summed E-state index contributed by atoms with van der Waals surface area (Å²) in [6.45, 7) is 4.40. The molecule has 1 fully saturated rings. The minimum Gasteiger partial charge on any atom is -0.482 e. The van der Waals surface area contributed by atoms with Crippen molar-refractivity contribution in [2.24, 2.45) is 16.6 Å². The lowest BCUT2D eigenvalue weighted by molar-refractivity contribution is -0.112. The Hall–Kier alpha value is -3.23. The summed E-state index contributed by atoms with van der Waals surface area (Å²) in [7, 11) is 1.38. The number of amides is 1. The molecule has 9 nitrogen and oxygen atoms in total. The van der Waals surface area contributed by atoms with Crippen molar-refractivity contribution in [1.29, 1.82) is 10.8 Å². The molecule has 0 aromatic carbocycles. The van der Waals surface area contributed by atoms with Crippen LogP contribution in [-0.2, 0) is 9.53 Å². The van der Waals surface area contributed by atoms with Crippen LogP contribution in [0.15, 0.2) is 34.6 Å². The lowest BCUT2D eigenvalue weighted by Crippen LogP contribution is -2.36. The van der Waals surface area contributed by atoms with E-state index in [2.05, 4.69) is 15.3 Å². The van der Waals surface area contributed by atoms with E-state index in [4.69, 9.17) is 21.3 Å². The van der Waals surface area contributed by atoms with Gasteiger partial charge in [-0.2, -0.15) is 0 Å². The number of methoxy groups -OCH3 is 1. The number of carbonyl (C=O) groups excluding carboxylic acids is 1. The number of nitrogens with two attached hydrogens (primary N) is 1. The van der Waals surface area contributed by atoms with Crippen molar-refractivity contribution in [3.8, 4) is 0 Å². The fraction of sp³-hybridized carbons (Fsp3) is 0.421. The first-order valence-electron chi connectivity index (χ1n) is 9.07. The molecule has 1 aliphatic carbocycles. The van der Waals surface area contributed by atoms with Crippen molar-refractivity contribution in [2.45, 2.75) is 32.7 Å². The number of nitrogens with zero attached hydrogens (tertiary/aromatic N) is 3. The van der Waals surface area contributed by atoms with E-state index < -0.39 is 5.91 Å². The molecule has 2 rings (SSSR count). The van der Waals surface area contributed by atoms with Crippen LogP contribution in [0.2, 0.25) is 0 Å². The molecular weight excluding hydrogens is 358 g/mol. The highest BCUT2D eigenvalue weighted by Crippen LogP contribution is 2.28. The topological polar surface area (TPSA) is 141 Å². The van der Waals surface area contributed by atoms with Gasteiger partial charge in [0.25, 0.3) is 5.91 Å². The second-order valence-electron chi connectivity index (χ2n) is 6.76. The first-order valence-corrected chi connectivity index (χ1v) is 9.07. The van der Waals surface area contributed by atoms with E-state index in [0.717, 1.165) is 19.2 Å². The van der Waals surface area contributed by atoms with E-state index in [-0.39, 0.29) is 29.2 Å². The molecule has 5 N–H and O–H groups in total. The average molecular weight is 385 g/mol. The highest BCUT2D eigenvalue weighted by atomic mass is 16.5. The number of ether oxygens (including phenoxy) is 1. The molecule has 1 aromatic heterocycles. The Labute approximate surface area is 164 Å². The maximum atomic E-state index is 12.6. The molecular formula is C19H27N7O2. The van der Waals surface area contributed by atoms with Crippen LogP contribution in [0, 0.1) is 16.7 Å². The van der Waals surface area contributed by atoms with Crippen LogP contribution < -0.4 is 11.1 Å². The summed E-state index contributed by atoms with van der Waals surface area (Å²) >= 11 is 0. The second kappa shape index (κ2) is 9.63. The van der Waals surface area contributed by atoms with Gasteiger partial charge in [-0.3, -0.25) is 20.6 Å². The van der Waals surface area contributed by atoms with Crippen LogP contribution in [0.5, 0.6) is 0 Å². The molecule has 1 heterocycles. The molecule has 1 aromatic rings. The second-order valence-corrected chi connectivity index (χ2v) is 6.76. The van der Waals surface area contributed by atoms with Gasteiger partial charge in [0.05, 0.1) is 13.4 Å². The third-order valence-corrected chi connectivity index (χ3v) is 4.20. The van der Waals surface area contributed by atoms with Gasteiger partial charge in [-0.1, -0.05) is 6.07 Å². The molecule has 9 heteroatoms. The molecule has 0 spiro atoms. The van der Waals surface area contributed by atoms with Crippen LogP contribution in [0.3, 0.4) is 0 Å². The number of amidine groups is 1. The number of carbonyl (C=O) groups is 1. The van der Waals surface area contributed by atoms with Gasteiger partial charge in [0.15, 0.2) is 11.7 Å². The average Bonchev–Trinajstić information content (AvgIpc) is 3.49. The van der Waals surface area contributed by atoms with Crippen molar-refractivity contribution in [2.75, 3.05) is 19.0 Å². The van der Waals surface area contributed by atoms with Crippen molar-refractivity contribution in [3.05, 3.63) is 35.3 Å². The summed E-state index contributed by atoms with van der Waals surface area (Å²) in [6, 6.07) is 4.87. The molecule has 150 valence electrons. The summed E-state index contributed by atoms with van der Waals surface area (Å²) < 4.78 is 5.00. The Balaban J connectivity index is 2.16. The van der Waals surface area contributed by atoms with Gasteiger partial charge < -0.3 is 20.7 Å². The molecule has 0 saturated heterocycles. The predicted octanol–water partition coefficient (Wildman–Crippen LogP) is 1.96. The normalized spacial score (nSPS) is 14.6. The molecule has 1 aliphatic rings. The summed E-state index contributed by atoms with van der Waals surface area (Å²) in [5, 5.41) is 18.4. The zero-order chi connectivity index (χ0) is 20.7. The number of anilines is 1. The number of nitrogens with one attached hydrogen (secondary N) is 3. The molecule has 0 atom stereocenters. The van der Waals surface area contributed by atoms with Crippen molar-refractivity contribution >= 4 is 30.1 Å². The summed E-state index contributed by atoms with van der Waals surface area (Å²) in [5.41, 5.74) is 6.25. The third kappa shape index (κ3) is 5.63. The zero-order valence-corrected chi connectivity index (χ0v) is 16.4. The largest absolute Gasteiger partial charge is 0.482 e. The van der Waals surface area contributed by atoms with Crippen LogP contribution in [0.4, 0.5) is 5.82 Å². The summed E-state index contributed by atoms with van der Waals surface area (Å²) in [5.74, 6) is 0.391. The molecule has 1 saturated carbocycles. The van der Waals surface area contributed by atoms with Gasteiger partial charge >= 0.3 is 0 Å². The molecule has 0 unspecified atom stereocenters. The zero-order valence-electron chi connectivity index (χ0n) is 16.4. The highest BCUT2D eigenvalue weighted by molar-refractivity contribution is 6.18. The smallest absolute Gasteiger partial charge is 0.263 e. The SMILES string of the molecule is COC(N)=C(C=NCC1CC1)C(=O)Nc1cccc(C(=N)N(C=N)C(C)C)n1. The van der Waals surface area contributed by atoms with Crippen LogP contribution in [0.1, 0.15) is 32.4 Å². The van der Waals surface area contributed by atoms with Crippen LogP contribution in [-0.4, -0.2) is 53.9 Å². The lowest BCUT2D eigenvalue weighted by atomic mass is 10.2. The van der Waals surface area contributed by atoms with Crippen molar-refractivity contribution in [1.82, 2.24) is 9.88 Å². The highest BCUT2D eigenvalue weighted by Gasteiger charge is 2.21. The first kappa shape index (κ1) is 21.1. The van der Waals surface area contributed by atoms with Crippen LogP contribution >= 0.6 is 0 Å². The number of aromatic nitrogens is 1. The van der Waals surface area contributed by atoms with E-state index in [1.54, 1.807) is 18.2 Å².